The number of fused-ring (bicyclic) bond motifs is 3. The monoisotopic (exact) mass is 302 g/mol. The van der Waals surface area contributed by atoms with Gasteiger partial charge in [-0.15, -0.1) is 0 Å². The van der Waals surface area contributed by atoms with E-state index in [1.807, 2.05) is 60.0 Å². The molecule has 0 bridgehead atoms. The van der Waals surface area contributed by atoms with Gasteiger partial charge < -0.3 is 4.57 Å². The highest BCUT2D eigenvalue weighted by molar-refractivity contribution is 5.97. The first kappa shape index (κ1) is 13.5. The van der Waals surface area contributed by atoms with Gasteiger partial charge in [-0.1, -0.05) is 42.0 Å². The summed E-state index contributed by atoms with van der Waals surface area (Å²) in [6.07, 6.45) is 0. The summed E-state index contributed by atoms with van der Waals surface area (Å²) in [4.78, 5) is 16.8. The molecule has 112 valence electrons. The van der Waals surface area contributed by atoms with E-state index in [2.05, 4.69) is 16.4 Å². The zero-order chi connectivity index (χ0) is 16.0. The van der Waals surface area contributed by atoms with Gasteiger partial charge in [0.25, 0.3) is 0 Å². The first-order valence-corrected chi connectivity index (χ1v) is 7.43. The Kier molecular flexibility index (Phi) is 2.91. The smallest absolute Gasteiger partial charge is 0.246 e. The highest BCUT2D eigenvalue weighted by Gasteiger charge is 2.38. The van der Waals surface area contributed by atoms with Gasteiger partial charge in [0, 0.05) is 0 Å². The van der Waals surface area contributed by atoms with Crippen LogP contribution in [0.4, 0.5) is 5.95 Å². The molecule has 0 radical (unpaired) electrons. The number of nitriles is 1. The maximum atomic E-state index is 12.3. The van der Waals surface area contributed by atoms with Crippen molar-refractivity contribution in [3.63, 3.8) is 0 Å². The number of rotatable bonds is 1. The summed E-state index contributed by atoms with van der Waals surface area (Å²) >= 11 is 0. The molecule has 5 heteroatoms. The second-order valence-corrected chi connectivity index (χ2v) is 5.75. The molecule has 0 saturated carbocycles. The molecular formula is C18H14N4O. The Hall–Kier alpha value is -3.13. The normalized spacial score (nSPS) is 19.9. The number of para-hydroxylation sites is 2. The number of aromatic nitrogens is 2. The van der Waals surface area contributed by atoms with Gasteiger partial charge in [-0.25, -0.2) is 4.98 Å². The van der Waals surface area contributed by atoms with Crippen molar-refractivity contribution in [2.24, 2.45) is 5.92 Å². The van der Waals surface area contributed by atoms with Crippen LogP contribution in [0.3, 0.4) is 0 Å². The lowest BCUT2D eigenvalue weighted by atomic mass is 9.91. The third-order valence-corrected chi connectivity index (χ3v) is 4.27. The average Bonchev–Trinajstić information content (AvgIpc) is 2.92. The van der Waals surface area contributed by atoms with Gasteiger partial charge in [-0.3, -0.25) is 10.1 Å². The van der Waals surface area contributed by atoms with E-state index < -0.39 is 5.92 Å². The van der Waals surface area contributed by atoms with Crippen molar-refractivity contribution in [3.8, 4) is 6.07 Å². The first-order valence-electron chi connectivity index (χ1n) is 7.43. The molecular weight excluding hydrogens is 288 g/mol. The molecule has 0 unspecified atom stereocenters. The molecule has 2 aromatic carbocycles. The standard InChI is InChI=1S/C18H14N4O/c1-11-6-8-12(9-7-11)16-13(10-19)17(23)21-18-20-14-4-2-3-5-15(14)22(16)18/h2-9,13,16H,1H3,(H,20,21,23)/t13-,16-/m0/s1. The van der Waals surface area contributed by atoms with Gasteiger partial charge in [0.05, 0.1) is 23.1 Å². The lowest BCUT2D eigenvalue weighted by molar-refractivity contribution is -0.119. The van der Waals surface area contributed by atoms with Crippen LogP contribution in [0.15, 0.2) is 48.5 Å². The highest BCUT2D eigenvalue weighted by atomic mass is 16.2. The minimum Gasteiger partial charge on any atom is -0.300 e. The largest absolute Gasteiger partial charge is 0.300 e. The van der Waals surface area contributed by atoms with Gasteiger partial charge in [-0.05, 0) is 24.6 Å². The van der Waals surface area contributed by atoms with Gasteiger partial charge in [0.2, 0.25) is 11.9 Å². The van der Waals surface area contributed by atoms with E-state index in [1.54, 1.807) is 0 Å². The summed E-state index contributed by atoms with van der Waals surface area (Å²) in [6, 6.07) is 17.4. The minimum absolute atomic E-state index is 0.305. The second-order valence-electron chi connectivity index (χ2n) is 5.75. The fraction of sp³-hybridized carbons (Fsp3) is 0.167. The maximum Gasteiger partial charge on any atom is 0.246 e. The van der Waals surface area contributed by atoms with E-state index in [4.69, 9.17) is 0 Å². The Morgan fingerprint density at radius 1 is 1.17 bits per heavy atom. The molecule has 23 heavy (non-hydrogen) atoms. The molecule has 4 rings (SSSR count). The van der Waals surface area contributed by atoms with E-state index >= 15 is 0 Å². The molecule has 5 nitrogen and oxygen atoms in total. The van der Waals surface area contributed by atoms with Crippen LogP contribution in [0.25, 0.3) is 11.0 Å². The van der Waals surface area contributed by atoms with Crippen molar-refractivity contribution >= 4 is 22.9 Å². The van der Waals surface area contributed by atoms with Crippen LogP contribution >= 0.6 is 0 Å². The Morgan fingerprint density at radius 2 is 1.91 bits per heavy atom. The van der Waals surface area contributed by atoms with Crippen molar-refractivity contribution < 1.29 is 4.79 Å². The quantitative estimate of drug-likeness (QED) is 0.751. The third-order valence-electron chi connectivity index (χ3n) is 4.27. The van der Waals surface area contributed by atoms with Crippen molar-refractivity contribution in [2.75, 3.05) is 5.32 Å². The molecule has 0 spiro atoms. The third kappa shape index (κ3) is 2.00. The molecule has 2 atom stereocenters. The Balaban J connectivity index is 2.00. The van der Waals surface area contributed by atoms with E-state index in [-0.39, 0.29) is 11.9 Å². The van der Waals surface area contributed by atoms with Gasteiger partial charge in [-0.2, -0.15) is 5.26 Å². The topological polar surface area (TPSA) is 70.7 Å². The van der Waals surface area contributed by atoms with E-state index in [0.717, 1.165) is 22.2 Å². The zero-order valence-electron chi connectivity index (χ0n) is 12.5. The van der Waals surface area contributed by atoms with Crippen molar-refractivity contribution in [2.45, 2.75) is 13.0 Å². The number of amides is 1. The molecule has 1 aliphatic rings. The Morgan fingerprint density at radius 3 is 2.65 bits per heavy atom. The predicted octanol–water partition coefficient (Wildman–Crippen LogP) is 3.03. The number of anilines is 1. The van der Waals surface area contributed by atoms with Crippen LogP contribution in [0.2, 0.25) is 0 Å². The molecule has 3 aromatic rings. The van der Waals surface area contributed by atoms with Crippen LogP contribution in [0, 0.1) is 24.2 Å². The van der Waals surface area contributed by atoms with Gasteiger partial charge >= 0.3 is 0 Å². The molecule has 0 aliphatic carbocycles. The Labute approximate surface area is 133 Å². The molecule has 1 aromatic heterocycles. The fourth-order valence-corrected chi connectivity index (χ4v) is 3.13. The molecule has 0 fully saturated rings. The minimum atomic E-state index is -0.789. The number of aryl methyl sites for hydroxylation is 1. The molecule has 0 saturated heterocycles. The van der Waals surface area contributed by atoms with Crippen molar-refractivity contribution in [1.82, 2.24) is 9.55 Å². The number of hydrogen-bond acceptors (Lipinski definition) is 3. The number of nitrogens with zero attached hydrogens (tertiary/aromatic N) is 3. The summed E-state index contributed by atoms with van der Waals surface area (Å²) in [7, 11) is 0. The number of hydrogen-bond donors (Lipinski definition) is 1. The van der Waals surface area contributed by atoms with Crippen LogP contribution < -0.4 is 5.32 Å². The number of imidazole rings is 1. The predicted molar refractivity (Wildman–Crippen MR) is 86.8 cm³/mol. The van der Waals surface area contributed by atoms with E-state index in [1.165, 1.54) is 0 Å². The second kappa shape index (κ2) is 4.96. The SMILES string of the molecule is Cc1ccc([C@H]2[C@H](C#N)C(=O)Nc3nc4ccccc4n32)cc1. The summed E-state index contributed by atoms with van der Waals surface area (Å²) in [5.41, 5.74) is 3.78. The number of nitrogens with one attached hydrogen (secondary N) is 1. The van der Waals surface area contributed by atoms with Crippen LogP contribution in [-0.4, -0.2) is 15.5 Å². The van der Waals surface area contributed by atoms with Gasteiger partial charge in [0.15, 0.2) is 5.92 Å². The summed E-state index contributed by atoms with van der Waals surface area (Å²) < 4.78 is 1.95. The lowest BCUT2D eigenvalue weighted by Gasteiger charge is -2.30. The molecule has 1 N–H and O–H groups in total. The van der Waals surface area contributed by atoms with Crippen molar-refractivity contribution in [1.29, 1.82) is 5.26 Å². The van der Waals surface area contributed by atoms with Crippen LogP contribution in [0.1, 0.15) is 17.2 Å². The molecule has 2 heterocycles. The lowest BCUT2D eigenvalue weighted by Crippen LogP contribution is -2.37. The van der Waals surface area contributed by atoms with Crippen LogP contribution in [0.5, 0.6) is 0 Å². The molecule has 1 amide bonds. The number of carbonyl (C=O) groups is 1. The number of benzene rings is 2. The van der Waals surface area contributed by atoms with E-state index in [0.29, 0.717) is 5.95 Å². The maximum absolute atomic E-state index is 12.3. The van der Waals surface area contributed by atoms with E-state index in [9.17, 15) is 10.1 Å². The Bertz CT molecular complexity index is 949. The average molecular weight is 302 g/mol. The highest BCUT2D eigenvalue weighted by Crippen LogP contribution is 2.37. The summed E-state index contributed by atoms with van der Waals surface area (Å²) in [5, 5.41) is 12.3. The van der Waals surface area contributed by atoms with Crippen LogP contribution in [-0.2, 0) is 4.79 Å². The number of carbonyl (C=O) groups excluding carboxylic acids is 1. The van der Waals surface area contributed by atoms with Crippen molar-refractivity contribution in [3.05, 3.63) is 59.7 Å². The fourth-order valence-electron chi connectivity index (χ4n) is 3.13. The van der Waals surface area contributed by atoms with Gasteiger partial charge in [0.1, 0.15) is 0 Å². The first-order chi connectivity index (χ1) is 11.2. The summed E-state index contributed by atoms with van der Waals surface area (Å²) in [5.74, 6) is -0.600. The molecule has 1 aliphatic heterocycles. The zero-order valence-corrected chi connectivity index (χ0v) is 12.5. The summed E-state index contributed by atoms with van der Waals surface area (Å²) in [6.45, 7) is 2.01.